The van der Waals surface area contributed by atoms with Crippen molar-refractivity contribution >= 4 is 29.9 Å². The summed E-state index contributed by atoms with van der Waals surface area (Å²) in [5.41, 5.74) is 0. The van der Waals surface area contributed by atoms with E-state index in [2.05, 4.69) is 39.7 Å². The zero-order valence-electron chi connectivity index (χ0n) is 13.8. The Balaban J connectivity index is 0.00000441. The van der Waals surface area contributed by atoms with Crippen molar-refractivity contribution in [2.75, 3.05) is 33.4 Å². The fourth-order valence-corrected chi connectivity index (χ4v) is 1.84. The van der Waals surface area contributed by atoms with Gasteiger partial charge >= 0.3 is 0 Å². The van der Waals surface area contributed by atoms with E-state index in [1.54, 1.807) is 13.4 Å². The van der Waals surface area contributed by atoms with Crippen LogP contribution in [0.2, 0.25) is 0 Å². The third-order valence-electron chi connectivity index (χ3n) is 3.06. The molecule has 0 aromatic carbocycles. The normalized spacial score (nSPS) is 11.1. The molecule has 0 saturated carbocycles. The number of nitrogens with zero attached hydrogens (tertiary/aromatic N) is 4. The highest BCUT2D eigenvalue weighted by Gasteiger charge is 2.01. The maximum absolute atomic E-state index is 5.50. The molecule has 1 aromatic rings. The number of aromatic nitrogens is 3. The molecule has 0 bridgehead atoms. The number of hydrogen-bond acceptors (Lipinski definition) is 4. The topological polar surface area (TPSA) is 76.4 Å². The lowest BCUT2D eigenvalue weighted by molar-refractivity contribution is 0.136. The summed E-state index contributed by atoms with van der Waals surface area (Å²) in [6, 6.07) is 0. The lowest BCUT2D eigenvalue weighted by atomic mass is 10.4. The fourth-order valence-electron chi connectivity index (χ4n) is 1.84. The molecule has 1 heterocycles. The van der Waals surface area contributed by atoms with Crippen LogP contribution >= 0.6 is 24.0 Å². The Morgan fingerprint density at radius 2 is 2.05 bits per heavy atom. The minimum Gasteiger partial charge on any atom is -0.380 e. The van der Waals surface area contributed by atoms with Crippen molar-refractivity contribution in [3.05, 3.63) is 12.2 Å². The highest BCUT2D eigenvalue weighted by atomic mass is 127. The first-order valence-corrected chi connectivity index (χ1v) is 7.70. The van der Waals surface area contributed by atoms with Crippen molar-refractivity contribution in [1.82, 2.24) is 25.4 Å². The molecule has 8 heteroatoms. The van der Waals surface area contributed by atoms with Crippen LogP contribution in [0.5, 0.6) is 0 Å². The quantitative estimate of drug-likeness (QED) is 0.257. The van der Waals surface area contributed by atoms with Gasteiger partial charge in [0.2, 0.25) is 0 Å². The average Bonchev–Trinajstić information content (AvgIpc) is 2.96. The monoisotopic (exact) mass is 424 g/mol. The van der Waals surface area contributed by atoms with Gasteiger partial charge in [-0.05, 0) is 6.42 Å². The van der Waals surface area contributed by atoms with Crippen LogP contribution in [0.1, 0.15) is 32.5 Å². The second-order valence-electron chi connectivity index (χ2n) is 4.69. The first kappa shape index (κ1) is 21.1. The summed E-state index contributed by atoms with van der Waals surface area (Å²) >= 11 is 0. The van der Waals surface area contributed by atoms with E-state index >= 15 is 0 Å². The van der Waals surface area contributed by atoms with E-state index < -0.39 is 0 Å². The molecule has 0 atom stereocenters. The van der Waals surface area contributed by atoms with E-state index in [0.29, 0.717) is 6.61 Å². The van der Waals surface area contributed by atoms with Crippen molar-refractivity contribution in [3.63, 3.8) is 0 Å². The zero-order chi connectivity index (χ0) is 15.3. The van der Waals surface area contributed by atoms with E-state index in [4.69, 9.17) is 4.74 Å². The van der Waals surface area contributed by atoms with E-state index in [9.17, 15) is 0 Å². The molecule has 0 aliphatic rings. The van der Waals surface area contributed by atoms with Crippen LogP contribution in [-0.4, -0.2) is 54.1 Å². The maximum atomic E-state index is 5.50. The molecular weight excluding hydrogens is 395 g/mol. The molecule has 1 aromatic heterocycles. The SMILES string of the molecule is CCCCOCCNC(=NC)NCCn1cnnc1CC.I. The summed E-state index contributed by atoms with van der Waals surface area (Å²) in [4.78, 5) is 4.18. The molecule has 1 rings (SSSR count). The molecule has 0 spiro atoms. The number of guanidine groups is 1. The first-order chi connectivity index (χ1) is 10.3. The minimum atomic E-state index is 0. The molecule has 22 heavy (non-hydrogen) atoms. The van der Waals surface area contributed by atoms with Gasteiger partial charge in [-0.3, -0.25) is 4.99 Å². The van der Waals surface area contributed by atoms with Gasteiger partial charge in [0.15, 0.2) is 5.96 Å². The third kappa shape index (κ3) is 8.52. The molecule has 0 radical (unpaired) electrons. The van der Waals surface area contributed by atoms with Gasteiger partial charge in [0, 0.05) is 39.7 Å². The van der Waals surface area contributed by atoms with Crippen LogP contribution in [0.3, 0.4) is 0 Å². The number of aliphatic imine (C=N–C) groups is 1. The molecule has 7 nitrogen and oxygen atoms in total. The Labute approximate surface area is 150 Å². The van der Waals surface area contributed by atoms with E-state index in [-0.39, 0.29) is 24.0 Å². The summed E-state index contributed by atoms with van der Waals surface area (Å²) in [5, 5.41) is 14.5. The Morgan fingerprint density at radius 3 is 2.73 bits per heavy atom. The lowest BCUT2D eigenvalue weighted by Crippen LogP contribution is -2.40. The molecule has 128 valence electrons. The van der Waals surface area contributed by atoms with Crippen LogP contribution in [0.4, 0.5) is 0 Å². The molecule has 2 N–H and O–H groups in total. The Morgan fingerprint density at radius 1 is 1.27 bits per heavy atom. The van der Waals surface area contributed by atoms with Gasteiger partial charge < -0.3 is 19.9 Å². The van der Waals surface area contributed by atoms with Crippen molar-refractivity contribution in [2.45, 2.75) is 39.7 Å². The highest BCUT2D eigenvalue weighted by molar-refractivity contribution is 14.0. The summed E-state index contributed by atoms with van der Waals surface area (Å²) < 4.78 is 7.55. The third-order valence-corrected chi connectivity index (χ3v) is 3.06. The van der Waals surface area contributed by atoms with E-state index in [1.165, 1.54) is 6.42 Å². The number of nitrogens with one attached hydrogen (secondary N) is 2. The lowest BCUT2D eigenvalue weighted by Gasteiger charge is -2.12. The molecule has 0 aliphatic heterocycles. The van der Waals surface area contributed by atoms with Crippen molar-refractivity contribution in [1.29, 1.82) is 0 Å². The number of rotatable bonds is 10. The molecule has 0 fully saturated rings. The second kappa shape index (κ2) is 13.7. The molecule has 0 amide bonds. The van der Waals surface area contributed by atoms with E-state index in [0.717, 1.165) is 50.9 Å². The van der Waals surface area contributed by atoms with Gasteiger partial charge in [-0.1, -0.05) is 20.3 Å². The van der Waals surface area contributed by atoms with Gasteiger partial charge in [-0.25, -0.2) is 0 Å². The second-order valence-corrected chi connectivity index (χ2v) is 4.69. The Hall–Kier alpha value is -0.900. The largest absolute Gasteiger partial charge is 0.380 e. The van der Waals surface area contributed by atoms with Crippen LogP contribution in [-0.2, 0) is 17.7 Å². The summed E-state index contributed by atoms with van der Waals surface area (Å²) in [6.07, 6.45) is 4.94. The first-order valence-electron chi connectivity index (χ1n) is 7.70. The predicted molar refractivity (Wildman–Crippen MR) is 99.9 cm³/mol. The zero-order valence-corrected chi connectivity index (χ0v) is 16.2. The standard InChI is InChI=1S/C14H28N6O.HI/c1-4-6-10-21-11-8-17-14(15-3)16-7-9-20-12-18-19-13(20)5-2;/h12H,4-11H2,1-3H3,(H2,15,16,17);1H. The highest BCUT2D eigenvalue weighted by Crippen LogP contribution is 1.94. The number of halogens is 1. The van der Waals surface area contributed by atoms with Gasteiger partial charge in [0.25, 0.3) is 0 Å². The van der Waals surface area contributed by atoms with Crippen LogP contribution < -0.4 is 10.6 Å². The van der Waals surface area contributed by atoms with Crippen LogP contribution in [0, 0.1) is 0 Å². The van der Waals surface area contributed by atoms with Gasteiger partial charge in [-0.15, -0.1) is 34.2 Å². The number of unbranched alkanes of at least 4 members (excludes halogenated alkanes) is 1. The van der Waals surface area contributed by atoms with Crippen molar-refractivity contribution in [3.8, 4) is 0 Å². The maximum Gasteiger partial charge on any atom is 0.191 e. The van der Waals surface area contributed by atoms with Gasteiger partial charge in [0.1, 0.15) is 12.2 Å². The molecular formula is C14H29IN6O. The summed E-state index contributed by atoms with van der Waals surface area (Å²) in [5.74, 6) is 1.80. The molecule has 0 unspecified atom stereocenters. The number of aryl methyl sites for hydroxylation is 1. The Kier molecular flexibility index (Phi) is 13.2. The van der Waals surface area contributed by atoms with E-state index in [1.807, 2.05) is 4.57 Å². The predicted octanol–water partition coefficient (Wildman–Crippen LogP) is 1.44. The summed E-state index contributed by atoms with van der Waals surface area (Å²) in [7, 11) is 1.77. The summed E-state index contributed by atoms with van der Waals surface area (Å²) in [6.45, 7) is 8.13. The molecule has 0 aliphatic carbocycles. The van der Waals surface area contributed by atoms with Crippen LogP contribution in [0.25, 0.3) is 0 Å². The molecule has 0 saturated heterocycles. The van der Waals surface area contributed by atoms with Crippen molar-refractivity contribution in [2.24, 2.45) is 4.99 Å². The minimum absolute atomic E-state index is 0. The number of ether oxygens (including phenoxy) is 1. The number of hydrogen-bond donors (Lipinski definition) is 2. The smallest absolute Gasteiger partial charge is 0.191 e. The van der Waals surface area contributed by atoms with Crippen LogP contribution in [0.15, 0.2) is 11.3 Å². The van der Waals surface area contributed by atoms with Crippen molar-refractivity contribution < 1.29 is 4.74 Å². The fraction of sp³-hybridized carbons (Fsp3) is 0.786. The Bertz CT molecular complexity index is 410. The van der Waals surface area contributed by atoms with Gasteiger partial charge in [0.05, 0.1) is 6.61 Å². The van der Waals surface area contributed by atoms with Gasteiger partial charge in [-0.2, -0.15) is 0 Å². The average molecular weight is 424 g/mol.